The van der Waals surface area contributed by atoms with Gasteiger partial charge in [0.05, 0.1) is 16.6 Å². The molecule has 0 radical (unpaired) electrons. The van der Waals surface area contributed by atoms with E-state index in [0.717, 1.165) is 9.14 Å². The zero-order valence-electron chi connectivity index (χ0n) is 13.1. The zero-order valence-corrected chi connectivity index (χ0v) is 15.2. The van der Waals surface area contributed by atoms with Gasteiger partial charge in [0.25, 0.3) is 0 Å². The normalized spacial score (nSPS) is 12.6. The molecule has 4 nitrogen and oxygen atoms in total. The maximum Gasteiger partial charge on any atom is 0.310 e. The van der Waals surface area contributed by atoms with Crippen LogP contribution in [-0.4, -0.2) is 17.7 Å². The highest BCUT2D eigenvalue weighted by atomic mass is 127. The summed E-state index contributed by atoms with van der Waals surface area (Å²) in [5.74, 6) is 1.30. The molecule has 1 aromatic rings. The summed E-state index contributed by atoms with van der Waals surface area (Å²) in [6, 6.07) is 7.35. The number of ether oxygens (including phenoxy) is 2. The van der Waals surface area contributed by atoms with Crippen molar-refractivity contribution in [1.82, 2.24) is 0 Å². The van der Waals surface area contributed by atoms with Gasteiger partial charge in [-0.25, -0.2) is 0 Å². The molecular weight excluding hydrogens is 395 g/mol. The maximum atomic E-state index is 11.6. The highest BCUT2D eigenvalue weighted by Crippen LogP contribution is 2.23. The van der Waals surface area contributed by atoms with Gasteiger partial charge in [0.15, 0.2) is 0 Å². The summed E-state index contributed by atoms with van der Waals surface area (Å²) in [6.45, 7) is 5.83. The Morgan fingerprint density at radius 3 is 2.64 bits per heavy atom. The third-order valence-electron chi connectivity index (χ3n) is 2.82. The van der Waals surface area contributed by atoms with E-state index < -0.39 is 0 Å². The van der Waals surface area contributed by atoms with Gasteiger partial charge in [0, 0.05) is 12.0 Å². The second kappa shape index (κ2) is 9.50. The Morgan fingerprint density at radius 2 is 2.00 bits per heavy atom. The third kappa shape index (κ3) is 6.09. The molecule has 22 heavy (non-hydrogen) atoms. The molecule has 0 fully saturated rings. The van der Waals surface area contributed by atoms with Gasteiger partial charge in [-0.1, -0.05) is 25.1 Å². The molecule has 0 heterocycles. The minimum Gasteiger partial charge on any atom is -0.511 e. The summed E-state index contributed by atoms with van der Waals surface area (Å²) < 4.78 is 11.5. The molecule has 0 aliphatic rings. The van der Waals surface area contributed by atoms with Crippen LogP contribution >= 0.6 is 22.6 Å². The van der Waals surface area contributed by atoms with E-state index in [0.29, 0.717) is 30.3 Å². The number of carbonyl (C=O) groups is 1. The second-order valence-electron chi connectivity index (χ2n) is 4.59. The summed E-state index contributed by atoms with van der Waals surface area (Å²) in [5, 5.41) is 9.68. The summed E-state index contributed by atoms with van der Waals surface area (Å²) in [5.41, 5.74) is 0.771. The predicted octanol–water partition coefficient (Wildman–Crippen LogP) is 4.69. The fraction of sp³-hybridized carbons (Fsp3) is 0.353. The molecule has 0 bridgehead atoms. The number of hydrogen-bond donors (Lipinski definition) is 1. The van der Waals surface area contributed by atoms with Crippen molar-refractivity contribution < 1.29 is 19.4 Å². The molecule has 0 amide bonds. The number of esters is 1. The number of benzene rings is 1. The van der Waals surface area contributed by atoms with Gasteiger partial charge in [0.1, 0.15) is 17.3 Å². The van der Waals surface area contributed by atoms with Crippen molar-refractivity contribution >= 4 is 28.6 Å². The van der Waals surface area contributed by atoms with Gasteiger partial charge in [-0.05, 0) is 48.6 Å². The SMILES string of the molecule is CCOC(=O)Cc1ccccc1O/C(C)=C/C(I)=C(/O)CC. The van der Waals surface area contributed by atoms with E-state index >= 15 is 0 Å². The first kappa shape index (κ1) is 18.5. The van der Waals surface area contributed by atoms with Crippen LogP contribution in [0.3, 0.4) is 0 Å². The highest BCUT2D eigenvalue weighted by Gasteiger charge is 2.10. The molecule has 5 heteroatoms. The molecular formula is C17H21IO4. The zero-order chi connectivity index (χ0) is 16.5. The van der Waals surface area contributed by atoms with E-state index in [1.807, 2.05) is 38.1 Å². The van der Waals surface area contributed by atoms with E-state index in [4.69, 9.17) is 9.47 Å². The fourth-order valence-electron chi connectivity index (χ4n) is 1.75. The lowest BCUT2D eigenvalue weighted by molar-refractivity contribution is -0.142. The number of aliphatic hydroxyl groups excluding tert-OH is 1. The van der Waals surface area contributed by atoms with Crippen molar-refractivity contribution in [2.45, 2.75) is 33.6 Å². The van der Waals surface area contributed by atoms with Crippen LogP contribution in [0.25, 0.3) is 0 Å². The topological polar surface area (TPSA) is 55.8 Å². The predicted molar refractivity (Wildman–Crippen MR) is 95.1 cm³/mol. The van der Waals surface area contributed by atoms with Gasteiger partial charge in [-0.2, -0.15) is 0 Å². The number of carbonyl (C=O) groups excluding carboxylic acids is 1. The van der Waals surface area contributed by atoms with Gasteiger partial charge < -0.3 is 14.6 Å². The quantitative estimate of drug-likeness (QED) is 0.303. The molecule has 0 unspecified atom stereocenters. The van der Waals surface area contributed by atoms with Crippen molar-refractivity contribution in [3.8, 4) is 5.75 Å². The lowest BCUT2D eigenvalue weighted by atomic mass is 10.1. The van der Waals surface area contributed by atoms with Gasteiger partial charge in [0.2, 0.25) is 0 Å². The molecule has 0 spiro atoms. The Bertz CT molecular complexity index is 576. The van der Waals surface area contributed by atoms with Crippen LogP contribution in [0.4, 0.5) is 0 Å². The molecule has 0 saturated heterocycles. The Hall–Kier alpha value is -1.50. The molecule has 1 aromatic carbocycles. The van der Waals surface area contributed by atoms with Crippen molar-refractivity contribution in [2.24, 2.45) is 0 Å². The number of hydrogen-bond acceptors (Lipinski definition) is 4. The van der Waals surface area contributed by atoms with Crippen LogP contribution in [0.2, 0.25) is 0 Å². The van der Waals surface area contributed by atoms with E-state index in [2.05, 4.69) is 22.6 Å². The monoisotopic (exact) mass is 416 g/mol. The largest absolute Gasteiger partial charge is 0.511 e. The summed E-state index contributed by atoms with van der Waals surface area (Å²) in [7, 11) is 0. The van der Waals surface area contributed by atoms with E-state index in [9.17, 15) is 9.90 Å². The number of para-hydroxylation sites is 1. The summed E-state index contributed by atoms with van der Waals surface area (Å²) in [4.78, 5) is 11.6. The lowest BCUT2D eigenvalue weighted by Crippen LogP contribution is -2.08. The van der Waals surface area contributed by atoms with Crippen molar-refractivity contribution in [1.29, 1.82) is 0 Å². The molecule has 0 aliphatic heterocycles. The minimum atomic E-state index is -0.279. The molecule has 1 N–H and O–H groups in total. The Balaban J connectivity index is 2.90. The van der Waals surface area contributed by atoms with Crippen LogP contribution in [0.5, 0.6) is 5.75 Å². The fourth-order valence-corrected chi connectivity index (χ4v) is 2.57. The number of aliphatic hydroxyl groups is 1. The average molecular weight is 416 g/mol. The first-order chi connectivity index (χ1) is 10.5. The Kier molecular flexibility index (Phi) is 8.01. The summed E-state index contributed by atoms with van der Waals surface area (Å²) in [6.07, 6.45) is 2.51. The molecule has 1 rings (SSSR count). The van der Waals surface area contributed by atoms with Crippen LogP contribution < -0.4 is 4.74 Å². The van der Waals surface area contributed by atoms with Crippen LogP contribution in [-0.2, 0) is 16.0 Å². The molecule has 120 valence electrons. The molecule has 0 aromatic heterocycles. The molecule has 0 atom stereocenters. The molecule has 0 saturated carbocycles. The number of allylic oxidation sites excluding steroid dienone is 4. The standard InChI is InChI=1S/C17H21IO4/c1-4-15(19)14(18)10-12(3)22-16-9-7-6-8-13(16)11-17(20)21-5-2/h6-10,19H,4-5,11H2,1-3H3/b12-10+,15-14-. The summed E-state index contributed by atoms with van der Waals surface area (Å²) >= 11 is 2.06. The van der Waals surface area contributed by atoms with Crippen LogP contribution in [0, 0.1) is 0 Å². The van der Waals surface area contributed by atoms with Crippen molar-refractivity contribution in [3.05, 3.63) is 51.0 Å². The van der Waals surface area contributed by atoms with Crippen molar-refractivity contribution in [2.75, 3.05) is 6.61 Å². The first-order valence-corrected chi connectivity index (χ1v) is 8.23. The van der Waals surface area contributed by atoms with Gasteiger partial charge in [-0.15, -0.1) is 0 Å². The minimum absolute atomic E-state index is 0.171. The third-order valence-corrected chi connectivity index (χ3v) is 3.76. The van der Waals surface area contributed by atoms with Crippen LogP contribution in [0.15, 0.2) is 45.4 Å². The van der Waals surface area contributed by atoms with E-state index in [1.54, 1.807) is 13.0 Å². The van der Waals surface area contributed by atoms with Crippen molar-refractivity contribution in [3.63, 3.8) is 0 Å². The Morgan fingerprint density at radius 1 is 1.32 bits per heavy atom. The van der Waals surface area contributed by atoms with Gasteiger partial charge in [-0.3, -0.25) is 4.79 Å². The van der Waals surface area contributed by atoms with E-state index in [1.165, 1.54) is 0 Å². The highest BCUT2D eigenvalue weighted by molar-refractivity contribution is 14.1. The first-order valence-electron chi connectivity index (χ1n) is 7.15. The number of halogens is 1. The molecule has 0 aliphatic carbocycles. The number of rotatable bonds is 7. The smallest absolute Gasteiger partial charge is 0.310 e. The van der Waals surface area contributed by atoms with Gasteiger partial charge >= 0.3 is 5.97 Å². The maximum absolute atomic E-state index is 11.6. The Labute approximate surface area is 145 Å². The lowest BCUT2D eigenvalue weighted by Gasteiger charge is -2.11. The van der Waals surface area contributed by atoms with E-state index in [-0.39, 0.29) is 12.4 Å². The van der Waals surface area contributed by atoms with Crippen LogP contribution in [0.1, 0.15) is 32.8 Å². The second-order valence-corrected chi connectivity index (χ2v) is 5.76. The average Bonchev–Trinajstić information content (AvgIpc) is 2.48.